The molecule has 44 heavy (non-hydrogen) atoms. The summed E-state index contributed by atoms with van der Waals surface area (Å²) < 4.78 is 10.8. The SMILES string of the molecule is COc1ccc2c(c1)S[C@@H](NC(=O)CC(C)(C)N)C(=O)N(Cc1ccc(-c3ccccc3NC(=O)N3CCOCC3)cc1)C2. The van der Waals surface area contributed by atoms with Crippen molar-refractivity contribution in [2.45, 2.75) is 49.2 Å². The van der Waals surface area contributed by atoms with Gasteiger partial charge in [0.25, 0.3) is 5.91 Å². The van der Waals surface area contributed by atoms with Crippen LogP contribution < -0.4 is 21.1 Å². The Morgan fingerprint density at radius 1 is 1.07 bits per heavy atom. The van der Waals surface area contributed by atoms with Crippen molar-refractivity contribution < 1.29 is 23.9 Å². The van der Waals surface area contributed by atoms with Gasteiger partial charge < -0.3 is 35.6 Å². The van der Waals surface area contributed by atoms with Crippen LogP contribution >= 0.6 is 11.8 Å². The van der Waals surface area contributed by atoms with Crippen LogP contribution in [0.1, 0.15) is 31.4 Å². The second-order valence-corrected chi connectivity index (χ2v) is 12.8. The average molecular weight is 618 g/mol. The molecule has 2 aliphatic rings. The number of anilines is 1. The van der Waals surface area contributed by atoms with Crippen LogP contribution in [0.5, 0.6) is 5.75 Å². The van der Waals surface area contributed by atoms with E-state index in [2.05, 4.69) is 10.6 Å². The monoisotopic (exact) mass is 617 g/mol. The highest BCUT2D eigenvalue weighted by atomic mass is 32.2. The number of ether oxygens (including phenoxy) is 2. The highest BCUT2D eigenvalue weighted by molar-refractivity contribution is 8.00. The second kappa shape index (κ2) is 13.7. The van der Waals surface area contributed by atoms with Gasteiger partial charge in [0.15, 0.2) is 5.37 Å². The maximum absolute atomic E-state index is 13.8. The van der Waals surface area contributed by atoms with Crippen LogP contribution in [0.3, 0.4) is 0 Å². The van der Waals surface area contributed by atoms with Crippen molar-refractivity contribution >= 4 is 35.3 Å². The molecule has 4 amide bonds. The summed E-state index contributed by atoms with van der Waals surface area (Å²) in [6, 6.07) is 21.2. The molecule has 0 radical (unpaired) electrons. The molecule has 10 nitrogen and oxygen atoms in total. The molecule has 1 fully saturated rings. The smallest absolute Gasteiger partial charge is 0.322 e. The lowest BCUT2D eigenvalue weighted by Crippen LogP contribution is -2.47. The number of benzene rings is 3. The van der Waals surface area contributed by atoms with Crippen LogP contribution in [-0.2, 0) is 27.4 Å². The first kappa shape index (κ1) is 31.4. The molecule has 0 bridgehead atoms. The molecule has 0 spiro atoms. The van der Waals surface area contributed by atoms with Gasteiger partial charge in [-0.2, -0.15) is 0 Å². The van der Waals surface area contributed by atoms with Crippen molar-refractivity contribution in [1.82, 2.24) is 15.1 Å². The van der Waals surface area contributed by atoms with E-state index in [0.717, 1.165) is 32.8 Å². The summed E-state index contributed by atoms with van der Waals surface area (Å²) in [6.45, 7) is 6.49. The fraction of sp³-hybridized carbons (Fsp3) is 0.364. The Morgan fingerprint density at radius 2 is 1.80 bits per heavy atom. The molecule has 3 aromatic rings. The maximum Gasteiger partial charge on any atom is 0.322 e. The van der Waals surface area contributed by atoms with E-state index in [1.807, 2.05) is 66.7 Å². The van der Waals surface area contributed by atoms with Crippen LogP contribution in [0.15, 0.2) is 71.6 Å². The van der Waals surface area contributed by atoms with E-state index in [1.54, 1.807) is 30.8 Å². The van der Waals surface area contributed by atoms with E-state index < -0.39 is 10.9 Å². The molecule has 3 aromatic carbocycles. The largest absolute Gasteiger partial charge is 0.497 e. The minimum absolute atomic E-state index is 0.0954. The number of morpholine rings is 1. The fourth-order valence-electron chi connectivity index (χ4n) is 5.18. The number of carbonyl (C=O) groups is 3. The molecular formula is C33H39N5O5S. The van der Waals surface area contributed by atoms with E-state index >= 15 is 0 Å². The number of fused-ring (bicyclic) bond motifs is 1. The first-order valence-corrected chi connectivity index (χ1v) is 15.5. The zero-order valence-corrected chi connectivity index (χ0v) is 26.1. The van der Waals surface area contributed by atoms with Crippen molar-refractivity contribution in [3.05, 3.63) is 77.9 Å². The number of nitrogens with two attached hydrogens (primary N) is 1. The van der Waals surface area contributed by atoms with E-state index in [-0.39, 0.29) is 24.3 Å². The number of rotatable bonds is 8. The van der Waals surface area contributed by atoms with Crippen LogP contribution in [0.25, 0.3) is 11.1 Å². The molecule has 1 atom stereocenters. The predicted molar refractivity (Wildman–Crippen MR) is 171 cm³/mol. The number of para-hydroxylation sites is 1. The van der Waals surface area contributed by atoms with Crippen molar-refractivity contribution in [1.29, 1.82) is 0 Å². The first-order chi connectivity index (χ1) is 21.1. The van der Waals surface area contributed by atoms with E-state index in [4.69, 9.17) is 15.2 Å². The molecule has 0 aliphatic carbocycles. The van der Waals surface area contributed by atoms with Crippen LogP contribution in [0.4, 0.5) is 10.5 Å². The molecule has 4 N–H and O–H groups in total. The Morgan fingerprint density at radius 3 is 2.50 bits per heavy atom. The molecule has 11 heteroatoms. The van der Waals surface area contributed by atoms with Gasteiger partial charge in [-0.25, -0.2) is 4.79 Å². The van der Waals surface area contributed by atoms with Crippen molar-refractivity contribution in [3.63, 3.8) is 0 Å². The van der Waals surface area contributed by atoms with Crippen molar-refractivity contribution in [2.24, 2.45) is 5.73 Å². The molecule has 0 aromatic heterocycles. The van der Waals surface area contributed by atoms with Gasteiger partial charge in [0, 0.05) is 48.6 Å². The van der Waals surface area contributed by atoms with Crippen molar-refractivity contribution in [2.75, 3.05) is 38.7 Å². The minimum atomic E-state index is -0.806. The number of nitrogens with one attached hydrogen (secondary N) is 2. The Hall–Kier alpha value is -4.06. The zero-order chi connectivity index (χ0) is 31.3. The Kier molecular flexibility index (Phi) is 9.77. The summed E-state index contributed by atoms with van der Waals surface area (Å²) in [4.78, 5) is 43.9. The number of hydrogen-bond donors (Lipinski definition) is 3. The number of nitrogens with zero attached hydrogens (tertiary/aromatic N) is 2. The quantitative estimate of drug-likeness (QED) is 0.342. The normalized spacial score (nSPS) is 17.0. The Bertz CT molecular complexity index is 1500. The average Bonchev–Trinajstić information content (AvgIpc) is 3.12. The molecule has 2 heterocycles. The van der Waals surface area contributed by atoms with Gasteiger partial charge in [0.1, 0.15) is 5.75 Å². The number of carbonyl (C=O) groups excluding carboxylic acids is 3. The third-order valence-corrected chi connectivity index (χ3v) is 8.62. The van der Waals surface area contributed by atoms with Gasteiger partial charge in [-0.1, -0.05) is 60.3 Å². The molecule has 0 saturated carbocycles. The number of thioether (sulfide) groups is 1. The summed E-state index contributed by atoms with van der Waals surface area (Å²) in [5, 5.41) is 5.15. The van der Waals surface area contributed by atoms with Gasteiger partial charge in [0.05, 0.1) is 26.0 Å². The molecule has 2 aliphatic heterocycles. The lowest BCUT2D eigenvalue weighted by Gasteiger charge is -2.27. The lowest BCUT2D eigenvalue weighted by atomic mass is 10.0. The van der Waals surface area contributed by atoms with Gasteiger partial charge in [-0.3, -0.25) is 9.59 Å². The maximum atomic E-state index is 13.8. The lowest BCUT2D eigenvalue weighted by molar-refractivity contribution is -0.135. The molecule has 1 saturated heterocycles. The van der Waals surface area contributed by atoms with Gasteiger partial charge in [0.2, 0.25) is 5.91 Å². The number of amides is 4. The predicted octanol–water partition coefficient (Wildman–Crippen LogP) is 4.43. The summed E-state index contributed by atoms with van der Waals surface area (Å²) in [5.41, 5.74) is 9.84. The Labute approximate surface area is 262 Å². The zero-order valence-electron chi connectivity index (χ0n) is 25.3. The van der Waals surface area contributed by atoms with Gasteiger partial charge in [-0.05, 0) is 48.7 Å². The first-order valence-electron chi connectivity index (χ1n) is 14.6. The number of urea groups is 1. The third-order valence-electron chi connectivity index (χ3n) is 7.43. The van der Waals surface area contributed by atoms with Crippen LogP contribution in [-0.4, -0.2) is 72.0 Å². The summed E-state index contributed by atoms with van der Waals surface area (Å²) in [7, 11) is 1.60. The second-order valence-electron chi connectivity index (χ2n) is 11.7. The van der Waals surface area contributed by atoms with E-state index in [1.165, 1.54) is 11.8 Å². The van der Waals surface area contributed by atoms with Crippen molar-refractivity contribution in [3.8, 4) is 16.9 Å². The van der Waals surface area contributed by atoms with Gasteiger partial charge >= 0.3 is 6.03 Å². The highest BCUT2D eigenvalue weighted by Gasteiger charge is 2.33. The number of hydrogen-bond acceptors (Lipinski definition) is 7. The molecule has 0 unspecified atom stereocenters. The highest BCUT2D eigenvalue weighted by Crippen LogP contribution is 2.35. The van der Waals surface area contributed by atoms with Crippen LogP contribution in [0, 0.1) is 0 Å². The molecule has 5 rings (SSSR count). The van der Waals surface area contributed by atoms with Crippen LogP contribution in [0.2, 0.25) is 0 Å². The Balaban J connectivity index is 1.34. The summed E-state index contributed by atoms with van der Waals surface area (Å²) in [5.74, 6) is 0.217. The molecular weight excluding hydrogens is 578 g/mol. The summed E-state index contributed by atoms with van der Waals surface area (Å²) in [6.07, 6.45) is 0.0954. The third kappa shape index (κ3) is 7.90. The fourth-order valence-corrected chi connectivity index (χ4v) is 6.34. The standard InChI is InChI=1S/C33H39N5O5S/c1-33(2,34)19-29(39)36-30-31(40)38(21-24-12-13-25(42-3)18-28(24)44-30)20-22-8-10-23(11-9-22)26-6-4-5-7-27(26)35-32(41)37-14-16-43-17-15-37/h4-13,18,30H,14-17,19-21,34H2,1-3H3,(H,35,41)(H,36,39)/t30-/m1/s1. The number of methoxy groups -OCH3 is 1. The minimum Gasteiger partial charge on any atom is -0.497 e. The van der Waals surface area contributed by atoms with E-state index in [0.29, 0.717) is 45.1 Å². The van der Waals surface area contributed by atoms with Gasteiger partial charge in [-0.15, -0.1) is 0 Å². The topological polar surface area (TPSA) is 126 Å². The summed E-state index contributed by atoms with van der Waals surface area (Å²) >= 11 is 1.31. The van der Waals surface area contributed by atoms with E-state index in [9.17, 15) is 14.4 Å². The molecule has 232 valence electrons.